The molecule has 4 rings (SSSR count). The number of carbonyl (C=O) groups is 1. The average Bonchev–Trinajstić information content (AvgIpc) is 3.11. The molecule has 0 unspecified atom stereocenters. The van der Waals surface area contributed by atoms with Gasteiger partial charge >= 0.3 is 0 Å². The standard InChI is InChI=1S/C22H18N2O3/c1-27-20-4-2-3-19(25)21(20)14-7-5-13(6-8-14)15-9-10-18-16(11-15)17(12-24-18)22(23)26/h2-12,24-25H,1H3,(H2,23,26). The van der Waals surface area contributed by atoms with Gasteiger partial charge in [0.25, 0.3) is 5.91 Å². The van der Waals surface area contributed by atoms with E-state index in [1.165, 1.54) is 0 Å². The number of amides is 1. The Morgan fingerprint density at radius 1 is 1.00 bits per heavy atom. The summed E-state index contributed by atoms with van der Waals surface area (Å²) in [6.45, 7) is 0. The fourth-order valence-corrected chi connectivity index (χ4v) is 3.31. The molecule has 0 fully saturated rings. The first kappa shape index (κ1) is 16.7. The summed E-state index contributed by atoms with van der Waals surface area (Å²) in [4.78, 5) is 14.6. The summed E-state index contributed by atoms with van der Waals surface area (Å²) in [5.41, 5.74) is 10.3. The summed E-state index contributed by atoms with van der Waals surface area (Å²) in [5, 5.41) is 11.0. The Bertz CT molecular complexity index is 1140. The minimum Gasteiger partial charge on any atom is -0.507 e. The van der Waals surface area contributed by atoms with E-state index in [4.69, 9.17) is 10.5 Å². The van der Waals surface area contributed by atoms with Crippen molar-refractivity contribution in [3.05, 3.63) is 72.4 Å². The molecule has 5 nitrogen and oxygen atoms in total. The van der Waals surface area contributed by atoms with Crippen LogP contribution in [0.3, 0.4) is 0 Å². The van der Waals surface area contributed by atoms with E-state index < -0.39 is 5.91 Å². The van der Waals surface area contributed by atoms with Crippen LogP contribution in [0.25, 0.3) is 33.2 Å². The Morgan fingerprint density at radius 2 is 1.70 bits per heavy atom. The van der Waals surface area contributed by atoms with Crippen LogP contribution in [-0.2, 0) is 0 Å². The van der Waals surface area contributed by atoms with Gasteiger partial charge in [-0.05, 0) is 41.0 Å². The van der Waals surface area contributed by atoms with E-state index in [2.05, 4.69) is 4.98 Å². The van der Waals surface area contributed by atoms with Crippen LogP contribution < -0.4 is 10.5 Å². The molecular formula is C22H18N2O3. The lowest BCUT2D eigenvalue weighted by atomic mass is 9.98. The Morgan fingerprint density at radius 3 is 2.41 bits per heavy atom. The molecule has 0 aliphatic carbocycles. The number of aromatic hydroxyl groups is 1. The van der Waals surface area contributed by atoms with E-state index in [-0.39, 0.29) is 5.75 Å². The number of aromatic nitrogens is 1. The number of phenols is 1. The molecule has 1 amide bonds. The van der Waals surface area contributed by atoms with Crippen molar-refractivity contribution in [2.24, 2.45) is 5.73 Å². The maximum atomic E-state index is 11.6. The molecule has 0 atom stereocenters. The zero-order chi connectivity index (χ0) is 19.0. The van der Waals surface area contributed by atoms with Crippen LogP contribution in [0.2, 0.25) is 0 Å². The second-order valence-electron chi connectivity index (χ2n) is 6.26. The van der Waals surface area contributed by atoms with Gasteiger partial charge in [0.1, 0.15) is 11.5 Å². The van der Waals surface area contributed by atoms with Crippen molar-refractivity contribution in [2.45, 2.75) is 0 Å². The number of rotatable bonds is 4. The number of primary amides is 1. The minimum absolute atomic E-state index is 0.168. The predicted molar refractivity (Wildman–Crippen MR) is 106 cm³/mol. The van der Waals surface area contributed by atoms with Crippen LogP contribution >= 0.6 is 0 Å². The molecule has 0 aliphatic rings. The van der Waals surface area contributed by atoms with E-state index in [0.717, 1.165) is 27.6 Å². The lowest BCUT2D eigenvalue weighted by Crippen LogP contribution is -2.09. The van der Waals surface area contributed by atoms with Crippen LogP contribution in [0, 0.1) is 0 Å². The molecule has 0 bridgehead atoms. The number of hydrogen-bond acceptors (Lipinski definition) is 3. The van der Waals surface area contributed by atoms with E-state index in [1.807, 2.05) is 48.5 Å². The highest BCUT2D eigenvalue weighted by atomic mass is 16.5. The number of ether oxygens (including phenoxy) is 1. The summed E-state index contributed by atoms with van der Waals surface area (Å²) in [5.74, 6) is 0.324. The van der Waals surface area contributed by atoms with E-state index in [1.54, 1.807) is 25.4 Å². The number of benzene rings is 3. The van der Waals surface area contributed by atoms with Crippen LogP contribution in [-0.4, -0.2) is 23.1 Å². The molecule has 134 valence electrons. The van der Waals surface area contributed by atoms with Crippen molar-refractivity contribution in [1.29, 1.82) is 0 Å². The number of aromatic amines is 1. The number of methoxy groups -OCH3 is 1. The first-order valence-corrected chi connectivity index (χ1v) is 8.46. The van der Waals surface area contributed by atoms with Gasteiger partial charge in [-0.3, -0.25) is 4.79 Å². The molecule has 0 saturated carbocycles. The normalized spacial score (nSPS) is 10.9. The smallest absolute Gasteiger partial charge is 0.250 e. The van der Waals surface area contributed by atoms with Gasteiger partial charge in [0.2, 0.25) is 0 Å². The number of phenolic OH excluding ortho intramolecular Hbond substituents is 1. The average molecular weight is 358 g/mol. The number of nitrogens with two attached hydrogens (primary N) is 1. The molecule has 3 aromatic carbocycles. The highest BCUT2D eigenvalue weighted by Gasteiger charge is 2.12. The third-order valence-electron chi connectivity index (χ3n) is 4.68. The van der Waals surface area contributed by atoms with Gasteiger partial charge in [0.15, 0.2) is 0 Å². The number of nitrogens with one attached hydrogen (secondary N) is 1. The van der Waals surface area contributed by atoms with Crippen molar-refractivity contribution < 1.29 is 14.6 Å². The number of hydrogen-bond donors (Lipinski definition) is 3. The third kappa shape index (κ3) is 2.89. The minimum atomic E-state index is -0.458. The molecule has 4 aromatic rings. The Hall–Kier alpha value is -3.73. The van der Waals surface area contributed by atoms with Crippen molar-refractivity contribution in [3.63, 3.8) is 0 Å². The van der Waals surface area contributed by atoms with Gasteiger partial charge in [-0.2, -0.15) is 0 Å². The maximum Gasteiger partial charge on any atom is 0.250 e. The fourth-order valence-electron chi connectivity index (χ4n) is 3.31. The molecule has 27 heavy (non-hydrogen) atoms. The number of fused-ring (bicyclic) bond motifs is 1. The fraction of sp³-hybridized carbons (Fsp3) is 0.0455. The molecule has 1 aromatic heterocycles. The van der Waals surface area contributed by atoms with Gasteiger partial charge in [-0.1, -0.05) is 36.4 Å². The molecule has 5 heteroatoms. The van der Waals surface area contributed by atoms with Crippen molar-refractivity contribution in [3.8, 4) is 33.8 Å². The molecule has 0 spiro atoms. The largest absolute Gasteiger partial charge is 0.507 e. The van der Waals surface area contributed by atoms with E-state index in [0.29, 0.717) is 16.9 Å². The zero-order valence-electron chi connectivity index (χ0n) is 14.7. The zero-order valence-corrected chi connectivity index (χ0v) is 14.7. The summed E-state index contributed by atoms with van der Waals surface area (Å²) in [6, 6.07) is 18.9. The highest BCUT2D eigenvalue weighted by molar-refractivity contribution is 6.06. The van der Waals surface area contributed by atoms with Gasteiger partial charge in [-0.15, -0.1) is 0 Å². The second kappa shape index (κ2) is 6.53. The van der Waals surface area contributed by atoms with Crippen LogP contribution in [0.4, 0.5) is 0 Å². The SMILES string of the molecule is COc1cccc(O)c1-c1ccc(-c2ccc3[nH]cc(C(N)=O)c3c2)cc1. The quantitative estimate of drug-likeness (QED) is 0.508. The number of H-pyrrole nitrogens is 1. The molecule has 1 heterocycles. The summed E-state index contributed by atoms with van der Waals surface area (Å²) >= 11 is 0. The Kier molecular flexibility index (Phi) is 4.05. The molecular weight excluding hydrogens is 340 g/mol. The van der Waals surface area contributed by atoms with Crippen molar-refractivity contribution >= 4 is 16.8 Å². The summed E-state index contributed by atoms with van der Waals surface area (Å²) < 4.78 is 5.36. The van der Waals surface area contributed by atoms with Gasteiger partial charge in [0.05, 0.1) is 18.2 Å². The third-order valence-corrected chi connectivity index (χ3v) is 4.68. The topological polar surface area (TPSA) is 88.3 Å². The van der Waals surface area contributed by atoms with E-state index in [9.17, 15) is 9.90 Å². The first-order chi connectivity index (χ1) is 13.1. The Labute approximate surface area is 156 Å². The van der Waals surface area contributed by atoms with Crippen molar-refractivity contribution in [1.82, 2.24) is 4.98 Å². The lowest BCUT2D eigenvalue weighted by Gasteiger charge is -2.11. The predicted octanol–water partition coefficient (Wildman–Crippen LogP) is 4.32. The second-order valence-corrected chi connectivity index (χ2v) is 6.26. The van der Waals surface area contributed by atoms with Crippen LogP contribution in [0.1, 0.15) is 10.4 Å². The molecule has 0 radical (unpaired) electrons. The molecule has 0 aliphatic heterocycles. The van der Waals surface area contributed by atoms with Gasteiger partial charge in [0, 0.05) is 17.1 Å². The Balaban J connectivity index is 1.76. The van der Waals surface area contributed by atoms with Gasteiger partial charge in [-0.25, -0.2) is 0 Å². The van der Waals surface area contributed by atoms with Crippen LogP contribution in [0.5, 0.6) is 11.5 Å². The first-order valence-electron chi connectivity index (χ1n) is 8.46. The highest BCUT2D eigenvalue weighted by Crippen LogP contribution is 2.38. The number of carbonyl (C=O) groups excluding carboxylic acids is 1. The van der Waals surface area contributed by atoms with Gasteiger partial charge < -0.3 is 20.6 Å². The molecule has 4 N–H and O–H groups in total. The molecule has 0 saturated heterocycles. The van der Waals surface area contributed by atoms with Crippen molar-refractivity contribution in [2.75, 3.05) is 7.11 Å². The monoisotopic (exact) mass is 358 g/mol. The van der Waals surface area contributed by atoms with E-state index >= 15 is 0 Å². The summed E-state index contributed by atoms with van der Waals surface area (Å²) in [6.07, 6.45) is 1.63. The maximum absolute atomic E-state index is 11.6. The van der Waals surface area contributed by atoms with Crippen LogP contribution in [0.15, 0.2) is 66.9 Å². The lowest BCUT2D eigenvalue weighted by molar-refractivity contribution is 0.100. The summed E-state index contributed by atoms with van der Waals surface area (Å²) in [7, 11) is 1.58.